The molecular weight excluding hydrogens is 334 g/mol. The van der Waals surface area contributed by atoms with Gasteiger partial charge in [-0.3, -0.25) is 10.4 Å². The van der Waals surface area contributed by atoms with Gasteiger partial charge in [0.05, 0.1) is 11.9 Å². The van der Waals surface area contributed by atoms with Crippen molar-refractivity contribution in [2.24, 2.45) is 0 Å². The molecular formula is C19H15N3O4. The number of ether oxygens (including phenoxy) is 1. The summed E-state index contributed by atoms with van der Waals surface area (Å²) in [7, 11) is 0. The quantitative estimate of drug-likeness (QED) is 0.669. The maximum atomic E-state index is 12.1. The highest BCUT2D eigenvalue weighted by Gasteiger charge is 2.29. The lowest BCUT2D eigenvalue weighted by atomic mass is 9.98. The molecule has 4 rings (SSSR count). The van der Waals surface area contributed by atoms with E-state index in [1.807, 2.05) is 36.4 Å². The Kier molecular flexibility index (Phi) is 3.89. The van der Waals surface area contributed by atoms with Crippen LogP contribution < -0.4 is 5.32 Å². The number of carboxylic acids is 1. The van der Waals surface area contributed by atoms with Crippen molar-refractivity contribution in [3.63, 3.8) is 0 Å². The minimum atomic E-state index is -1.21. The molecule has 1 heterocycles. The number of aromatic carboxylic acids is 1. The number of carbonyl (C=O) groups excluding carboxylic acids is 1. The van der Waals surface area contributed by atoms with E-state index in [0.717, 1.165) is 22.3 Å². The topological polar surface area (TPSA) is 104 Å². The Bertz CT molecular complexity index is 950. The first-order valence-corrected chi connectivity index (χ1v) is 8.04. The molecule has 0 atom stereocenters. The maximum Gasteiger partial charge on any atom is 0.411 e. The maximum absolute atomic E-state index is 12.1. The average molecular weight is 349 g/mol. The number of H-pyrrole nitrogens is 1. The highest BCUT2D eigenvalue weighted by atomic mass is 16.5. The SMILES string of the molecule is O=C(Nc1cn[nH]c1C(=O)O)OCC1c2ccccc2-c2ccccc21. The van der Waals surface area contributed by atoms with Crippen LogP contribution in [-0.2, 0) is 4.74 Å². The molecule has 0 spiro atoms. The van der Waals surface area contributed by atoms with Gasteiger partial charge >= 0.3 is 12.1 Å². The number of aromatic nitrogens is 2. The van der Waals surface area contributed by atoms with Gasteiger partial charge in [-0.15, -0.1) is 0 Å². The number of hydrogen-bond donors (Lipinski definition) is 3. The van der Waals surface area contributed by atoms with Crippen molar-refractivity contribution in [1.29, 1.82) is 0 Å². The second kappa shape index (κ2) is 6.36. The molecule has 1 aliphatic rings. The summed E-state index contributed by atoms with van der Waals surface area (Å²) in [6.07, 6.45) is 0.501. The number of anilines is 1. The fourth-order valence-corrected chi connectivity index (χ4v) is 3.29. The van der Waals surface area contributed by atoms with E-state index in [0.29, 0.717) is 0 Å². The number of carboxylic acid groups (broad SMARTS) is 1. The van der Waals surface area contributed by atoms with Crippen molar-refractivity contribution in [3.05, 3.63) is 71.5 Å². The van der Waals surface area contributed by atoms with E-state index in [1.165, 1.54) is 6.20 Å². The average Bonchev–Trinajstić information content (AvgIpc) is 3.23. The van der Waals surface area contributed by atoms with Crippen LogP contribution >= 0.6 is 0 Å². The first kappa shape index (κ1) is 15.9. The fourth-order valence-electron chi connectivity index (χ4n) is 3.29. The molecule has 130 valence electrons. The minimum Gasteiger partial charge on any atom is -0.476 e. The summed E-state index contributed by atoms with van der Waals surface area (Å²) >= 11 is 0. The largest absolute Gasteiger partial charge is 0.476 e. The van der Waals surface area contributed by atoms with E-state index in [-0.39, 0.29) is 23.9 Å². The zero-order valence-electron chi connectivity index (χ0n) is 13.6. The van der Waals surface area contributed by atoms with E-state index in [2.05, 4.69) is 27.6 Å². The molecule has 7 nitrogen and oxygen atoms in total. The molecule has 2 aromatic carbocycles. The predicted octanol–water partition coefficient (Wildman–Crippen LogP) is 3.47. The Morgan fingerprint density at radius 3 is 2.31 bits per heavy atom. The molecule has 0 fully saturated rings. The third-order valence-electron chi connectivity index (χ3n) is 4.43. The van der Waals surface area contributed by atoms with Crippen molar-refractivity contribution >= 4 is 17.7 Å². The molecule has 7 heteroatoms. The summed E-state index contributed by atoms with van der Waals surface area (Å²) in [6, 6.07) is 16.1. The number of carbonyl (C=O) groups is 2. The number of nitrogens with zero attached hydrogens (tertiary/aromatic N) is 1. The third-order valence-corrected chi connectivity index (χ3v) is 4.43. The van der Waals surface area contributed by atoms with Gasteiger partial charge in [-0.1, -0.05) is 48.5 Å². The molecule has 3 aromatic rings. The summed E-state index contributed by atoms with van der Waals surface area (Å²) in [4.78, 5) is 23.1. The standard InChI is InChI=1S/C19H15N3O4/c23-18(24)17-16(9-20-22-17)21-19(25)26-10-15-13-7-3-1-5-11(13)12-6-2-4-8-14(12)15/h1-9,15H,10H2,(H,20,22)(H,21,25)(H,23,24). The van der Waals surface area contributed by atoms with Crippen LogP contribution in [-0.4, -0.2) is 34.0 Å². The van der Waals surface area contributed by atoms with Crippen LogP contribution in [0.15, 0.2) is 54.7 Å². The minimum absolute atomic E-state index is 0.0588. The predicted molar refractivity (Wildman–Crippen MR) is 94.2 cm³/mol. The van der Waals surface area contributed by atoms with Gasteiger partial charge in [0, 0.05) is 5.92 Å². The summed E-state index contributed by atoms with van der Waals surface area (Å²) in [6.45, 7) is 0.153. The zero-order valence-corrected chi connectivity index (χ0v) is 13.6. The van der Waals surface area contributed by atoms with Crippen molar-refractivity contribution in [3.8, 4) is 11.1 Å². The van der Waals surface area contributed by atoms with E-state index < -0.39 is 12.1 Å². The lowest BCUT2D eigenvalue weighted by Gasteiger charge is -2.14. The van der Waals surface area contributed by atoms with Gasteiger partial charge in [0.1, 0.15) is 6.61 Å². The second-order valence-electron chi connectivity index (χ2n) is 5.91. The first-order chi connectivity index (χ1) is 12.6. The van der Waals surface area contributed by atoms with Crippen LogP contribution in [0.2, 0.25) is 0 Å². The van der Waals surface area contributed by atoms with Crippen molar-refractivity contribution in [1.82, 2.24) is 10.2 Å². The number of benzene rings is 2. The number of hydrogen-bond acceptors (Lipinski definition) is 4. The number of fused-ring (bicyclic) bond motifs is 3. The van der Waals surface area contributed by atoms with Gasteiger partial charge in [0.25, 0.3) is 0 Å². The van der Waals surface area contributed by atoms with Crippen LogP contribution in [0.5, 0.6) is 0 Å². The molecule has 1 amide bonds. The van der Waals surface area contributed by atoms with Gasteiger partial charge in [-0.2, -0.15) is 5.10 Å². The highest BCUT2D eigenvalue weighted by molar-refractivity contribution is 5.96. The van der Waals surface area contributed by atoms with Crippen molar-refractivity contribution in [2.75, 3.05) is 11.9 Å². The second-order valence-corrected chi connectivity index (χ2v) is 5.91. The number of aromatic amines is 1. The van der Waals surface area contributed by atoms with E-state index in [1.54, 1.807) is 0 Å². The Morgan fingerprint density at radius 1 is 1.08 bits per heavy atom. The molecule has 26 heavy (non-hydrogen) atoms. The van der Waals surface area contributed by atoms with Gasteiger partial charge < -0.3 is 9.84 Å². The Hall–Kier alpha value is -3.61. The van der Waals surface area contributed by atoms with Crippen molar-refractivity contribution in [2.45, 2.75) is 5.92 Å². The van der Waals surface area contributed by atoms with Gasteiger partial charge in [-0.25, -0.2) is 9.59 Å². The van der Waals surface area contributed by atoms with Crippen molar-refractivity contribution < 1.29 is 19.4 Å². The normalized spacial score (nSPS) is 12.3. The number of rotatable bonds is 4. The zero-order chi connectivity index (χ0) is 18.1. The van der Waals surface area contributed by atoms with E-state index in [9.17, 15) is 9.59 Å². The first-order valence-electron chi connectivity index (χ1n) is 8.04. The lowest BCUT2D eigenvalue weighted by Crippen LogP contribution is -2.18. The number of amides is 1. The third kappa shape index (κ3) is 2.69. The fraction of sp³-hybridized carbons (Fsp3) is 0.105. The van der Waals surface area contributed by atoms with Gasteiger partial charge in [-0.05, 0) is 22.3 Å². The Morgan fingerprint density at radius 2 is 1.69 bits per heavy atom. The Labute approximate surface area is 148 Å². The number of nitrogens with one attached hydrogen (secondary N) is 2. The molecule has 0 unspecified atom stereocenters. The van der Waals surface area contributed by atoms with Gasteiger partial charge in [0.15, 0.2) is 5.69 Å². The highest BCUT2D eigenvalue weighted by Crippen LogP contribution is 2.44. The molecule has 0 radical (unpaired) electrons. The van der Waals surface area contributed by atoms with Gasteiger partial charge in [0.2, 0.25) is 0 Å². The molecule has 0 saturated carbocycles. The summed E-state index contributed by atoms with van der Waals surface area (Å²) in [5, 5.41) is 17.4. The van der Waals surface area contributed by atoms with Crippen LogP contribution in [0.25, 0.3) is 11.1 Å². The van der Waals surface area contributed by atoms with E-state index >= 15 is 0 Å². The monoisotopic (exact) mass is 349 g/mol. The molecule has 1 aliphatic carbocycles. The molecule has 0 saturated heterocycles. The molecule has 1 aromatic heterocycles. The van der Waals surface area contributed by atoms with E-state index in [4.69, 9.17) is 9.84 Å². The summed E-state index contributed by atoms with van der Waals surface area (Å²) < 4.78 is 5.36. The van der Waals surface area contributed by atoms with Crippen LogP contribution in [0.4, 0.5) is 10.5 Å². The molecule has 3 N–H and O–H groups in total. The molecule has 0 bridgehead atoms. The van der Waals surface area contributed by atoms with Crippen LogP contribution in [0.3, 0.4) is 0 Å². The van der Waals surface area contributed by atoms with Crippen LogP contribution in [0, 0.1) is 0 Å². The summed E-state index contributed by atoms with van der Waals surface area (Å²) in [5.74, 6) is -1.27. The lowest BCUT2D eigenvalue weighted by molar-refractivity contribution is 0.0691. The Balaban J connectivity index is 1.50. The smallest absolute Gasteiger partial charge is 0.411 e. The summed E-state index contributed by atoms with van der Waals surface area (Å²) in [5.41, 5.74) is 4.36. The van der Waals surface area contributed by atoms with Crippen LogP contribution in [0.1, 0.15) is 27.5 Å². The molecule has 0 aliphatic heterocycles.